The predicted octanol–water partition coefficient (Wildman–Crippen LogP) is 0.416. The van der Waals surface area contributed by atoms with E-state index in [9.17, 15) is 4.79 Å². The number of aromatic nitrogens is 2. The van der Waals surface area contributed by atoms with Gasteiger partial charge in [0.05, 0.1) is 5.69 Å². The van der Waals surface area contributed by atoms with Crippen LogP contribution in [0.15, 0.2) is 11.8 Å². The Kier molecular flexibility index (Phi) is 2.51. The molecule has 0 aliphatic carbocycles. The normalized spacial score (nSPS) is 18.4. The van der Waals surface area contributed by atoms with Crippen molar-refractivity contribution in [1.29, 1.82) is 0 Å². The Morgan fingerprint density at radius 3 is 2.62 bits per heavy atom. The van der Waals surface area contributed by atoms with Crippen molar-refractivity contribution in [2.45, 2.75) is 6.92 Å². The average molecular weight is 236 g/mol. The van der Waals surface area contributed by atoms with Crippen LogP contribution in [0.3, 0.4) is 0 Å². The lowest BCUT2D eigenvalue weighted by Gasteiger charge is -2.02. The maximum Gasteiger partial charge on any atom is 0.276 e. The Labute approximate surface area is 98.7 Å². The van der Waals surface area contributed by atoms with E-state index in [1.165, 1.54) is 4.90 Å². The molecule has 1 fully saturated rings. The Balaban J connectivity index is 2.32. The van der Waals surface area contributed by atoms with Gasteiger partial charge in [-0.1, -0.05) is 0 Å². The van der Waals surface area contributed by atoms with Gasteiger partial charge < -0.3 is 5.32 Å². The maximum absolute atomic E-state index is 11.7. The zero-order chi connectivity index (χ0) is 11.9. The van der Waals surface area contributed by atoms with Crippen LogP contribution in [-0.2, 0) is 11.8 Å². The van der Waals surface area contributed by atoms with Crippen molar-refractivity contribution < 1.29 is 4.79 Å². The summed E-state index contributed by atoms with van der Waals surface area (Å²) in [7, 11) is 3.50. The fourth-order valence-corrected chi connectivity index (χ4v) is 1.62. The molecule has 5 nitrogen and oxygen atoms in total. The Hall–Kier alpha value is -1.69. The number of thiocarbonyl (C=S) groups is 1. The Bertz CT molecular complexity index is 483. The van der Waals surface area contributed by atoms with Gasteiger partial charge in [-0.3, -0.25) is 14.4 Å². The van der Waals surface area contributed by atoms with E-state index >= 15 is 0 Å². The summed E-state index contributed by atoms with van der Waals surface area (Å²) in [4.78, 5) is 13.1. The maximum atomic E-state index is 11.7. The van der Waals surface area contributed by atoms with Crippen LogP contribution in [0, 0.1) is 6.92 Å². The minimum Gasteiger partial charge on any atom is -0.328 e. The molecule has 1 aliphatic heterocycles. The molecule has 1 aromatic heterocycles. The summed E-state index contributed by atoms with van der Waals surface area (Å²) in [5, 5.41) is 7.52. The Morgan fingerprint density at radius 2 is 2.19 bits per heavy atom. The number of nitrogens with zero attached hydrogens (tertiary/aromatic N) is 3. The van der Waals surface area contributed by atoms with E-state index in [-0.39, 0.29) is 5.91 Å². The van der Waals surface area contributed by atoms with E-state index in [4.69, 9.17) is 12.2 Å². The molecule has 1 aromatic rings. The molecule has 1 saturated heterocycles. The molecule has 0 unspecified atom stereocenters. The number of likely N-dealkylation sites (N-methyl/N-ethyl adjacent to an activating group) is 1. The first-order valence-electron chi connectivity index (χ1n) is 4.80. The number of rotatable bonds is 1. The van der Waals surface area contributed by atoms with E-state index < -0.39 is 0 Å². The molecule has 84 valence electrons. The molecule has 2 rings (SSSR count). The molecular weight excluding hydrogens is 224 g/mol. The average Bonchev–Trinajstić information content (AvgIpc) is 2.64. The zero-order valence-corrected chi connectivity index (χ0v) is 10.1. The summed E-state index contributed by atoms with van der Waals surface area (Å²) in [6, 6.07) is 1.91. The number of hydrogen-bond donors (Lipinski definition) is 1. The summed E-state index contributed by atoms with van der Waals surface area (Å²) in [5.41, 5.74) is 2.24. The molecule has 0 radical (unpaired) electrons. The fourth-order valence-electron chi connectivity index (χ4n) is 1.43. The molecule has 0 aromatic carbocycles. The van der Waals surface area contributed by atoms with Crippen molar-refractivity contribution in [3.63, 3.8) is 0 Å². The molecule has 1 amide bonds. The first-order valence-corrected chi connectivity index (χ1v) is 5.21. The van der Waals surface area contributed by atoms with E-state index in [1.807, 2.05) is 20.0 Å². The van der Waals surface area contributed by atoms with Crippen LogP contribution < -0.4 is 5.32 Å². The predicted molar refractivity (Wildman–Crippen MR) is 64.4 cm³/mol. The van der Waals surface area contributed by atoms with Gasteiger partial charge in [0.15, 0.2) is 5.11 Å². The van der Waals surface area contributed by atoms with Gasteiger partial charge in [-0.15, -0.1) is 0 Å². The summed E-state index contributed by atoms with van der Waals surface area (Å²) < 4.78 is 1.76. The number of aryl methyl sites for hydroxylation is 2. The third kappa shape index (κ3) is 1.71. The van der Waals surface area contributed by atoms with Crippen molar-refractivity contribution >= 4 is 29.3 Å². The summed E-state index contributed by atoms with van der Waals surface area (Å²) in [6.07, 6.45) is 1.70. The molecule has 1 aliphatic rings. The van der Waals surface area contributed by atoms with Gasteiger partial charge in [0.25, 0.3) is 5.91 Å². The number of carbonyl (C=O) groups excluding carboxylic acids is 1. The summed E-state index contributed by atoms with van der Waals surface area (Å²) in [6.45, 7) is 1.95. The van der Waals surface area contributed by atoms with Gasteiger partial charge in [-0.05, 0) is 31.3 Å². The molecule has 2 heterocycles. The SMILES string of the molecule is Cc1cc(/C=C2/NC(=S)N(C)C2=O)nn1C. The molecule has 0 spiro atoms. The van der Waals surface area contributed by atoms with E-state index in [0.717, 1.165) is 11.4 Å². The first-order chi connectivity index (χ1) is 7.49. The third-order valence-corrected chi connectivity index (χ3v) is 2.88. The molecule has 0 atom stereocenters. The zero-order valence-electron chi connectivity index (χ0n) is 9.31. The summed E-state index contributed by atoms with van der Waals surface area (Å²) >= 11 is 4.97. The van der Waals surface area contributed by atoms with Crippen molar-refractivity contribution in [1.82, 2.24) is 20.0 Å². The van der Waals surface area contributed by atoms with Crippen LogP contribution in [0.25, 0.3) is 6.08 Å². The first kappa shape index (κ1) is 10.8. The minimum absolute atomic E-state index is 0.131. The van der Waals surface area contributed by atoms with Gasteiger partial charge in [0.2, 0.25) is 0 Å². The van der Waals surface area contributed by atoms with Crippen LogP contribution in [0.2, 0.25) is 0 Å². The monoisotopic (exact) mass is 236 g/mol. The third-order valence-electron chi connectivity index (χ3n) is 2.51. The molecule has 1 N–H and O–H groups in total. The highest BCUT2D eigenvalue weighted by atomic mass is 32.1. The standard InChI is InChI=1S/C10H12N4OS/c1-6-4-7(12-14(6)3)5-8-9(15)13(2)10(16)11-8/h4-5H,1-3H3,(H,11,16)/b8-5+. The van der Waals surface area contributed by atoms with Crippen LogP contribution in [0.1, 0.15) is 11.4 Å². The minimum atomic E-state index is -0.131. The summed E-state index contributed by atoms with van der Waals surface area (Å²) in [5.74, 6) is -0.131. The van der Waals surface area contributed by atoms with Crippen LogP contribution >= 0.6 is 12.2 Å². The smallest absolute Gasteiger partial charge is 0.276 e. The van der Waals surface area contributed by atoms with Gasteiger partial charge in [-0.25, -0.2) is 0 Å². The van der Waals surface area contributed by atoms with E-state index in [0.29, 0.717) is 10.8 Å². The second-order valence-electron chi connectivity index (χ2n) is 3.69. The molecule has 0 bridgehead atoms. The number of amides is 1. The topological polar surface area (TPSA) is 50.2 Å². The van der Waals surface area contributed by atoms with Crippen LogP contribution in [-0.4, -0.2) is 32.7 Å². The highest BCUT2D eigenvalue weighted by molar-refractivity contribution is 7.80. The molecule has 16 heavy (non-hydrogen) atoms. The largest absolute Gasteiger partial charge is 0.328 e. The van der Waals surface area contributed by atoms with Crippen molar-refractivity contribution in [3.8, 4) is 0 Å². The lowest BCUT2D eigenvalue weighted by Crippen LogP contribution is -2.25. The fraction of sp³-hybridized carbons (Fsp3) is 0.300. The highest BCUT2D eigenvalue weighted by Gasteiger charge is 2.27. The highest BCUT2D eigenvalue weighted by Crippen LogP contribution is 2.12. The molecule has 0 saturated carbocycles. The number of carbonyl (C=O) groups is 1. The van der Waals surface area contributed by atoms with Gasteiger partial charge in [0.1, 0.15) is 5.70 Å². The van der Waals surface area contributed by atoms with Crippen LogP contribution in [0.5, 0.6) is 0 Å². The number of nitrogens with one attached hydrogen (secondary N) is 1. The second kappa shape index (κ2) is 3.71. The molecular formula is C10H12N4OS. The van der Waals surface area contributed by atoms with Crippen molar-refractivity contribution in [2.75, 3.05) is 7.05 Å². The van der Waals surface area contributed by atoms with Gasteiger partial charge in [0, 0.05) is 19.8 Å². The second-order valence-corrected chi connectivity index (χ2v) is 4.07. The molecule has 6 heteroatoms. The Morgan fingerprint density at radius 1 is 1.50 bits per heavy atom. The van der Waals surface area contributed by atoms with Crippen molar-refractivity contribution in [2.24, 2.45) is 7.05 Å². The lowest BCUT2D eigenvalue weighted by atomic mass is 10.3. The lowest BCUT2D eigenvalue weighted by molar-refractivity contribution is -0.121. The van der Waals surface area contributed by atoms with E-state index in [1.54, 1.807) is 17.8 Å². The number of hydrogen-bond acceptors (Lipinski definition) is 3. The quantitative estimate of drug-likeness (QED) is 0.567. The van der Waals surface area contributed by atoms with Crippen LogP contribution in [0.4, 0.5) is 0 Å². The van der Waals surface area contributed by atoms with E-state index in [2.05, 4.69) is 10.4 Å². The van der Waals surface area contributed by atoms with Crippen molar-refractivity contribution in [3.05, 3.63) is 23.2 Å². The van der Waals surface area contributed by atoms with Gasteiger partial charge >= 0.3 is 0 Å². The van der Waals surface area contributed by atoms with Gasteiger partial charge in [-0.2, -0.15) is 5.10 Å².